The Bertz CT molecular complexity index is 163. The van der Waals surface area contributed by atoms with Crippen LogP contribution < -0.4 is 0 Å². The summed E-state index contributed by atoms with van der Waals surface area (Å²) in [6.45, 7) is 5.94. The van der Waals surface area contributed by atoms with Crippen LogP contribution in [-0.2, 0) is 0 Å². The van der Waals surface area contributed by atoms with Crippen LogP contribution in [0.5, 0.6) is 0 Å². The highest BCUT2D eigenvalue weighted by Gasteiger charge is 2.22. The van der Waals surface area contributed by atoms with E-state index in [1.807, 2.05) is 0 Å². The minimum atomic E-state index is 0.704. The first-order chi connectivity index (χ1) is 6.63. The molecule has 0 aromatic rings. The zero-order chi connectivity index (χ0) is 10.6. The first kappa shape index (κ1) is 12.3. The molecule has 2 atom stereocenters. The van der Waals surface area contributed by atoms with Crippen LogP contribution in [0.4, 0.5) is 0 Å². The summed E-state index contributed by atoms with van der Waals surface area (Å²) >= 11 is 4.32. The van der Waals surface area contributed by atoms with Crippen molar-refractivity contribution in [1.82, 2.24) is 9.80 Å². The van der Waals surface area contributed by atoms with Crippen LogP contribution in [0.15, 0.2) is 0 Å². The monoisotopic (exact) mass is 216 g/mol. The highest BCUT2D eigenvalue weighted by Crippen LogP contribution is 2.15. The molecule has 0 radical (unpaired) electrons. The number of likely N-dealkylation sites (tertiary alicyclic amines) is 1. The number of rotatable bonds is 5. The van der Waals surface area contributed by atoms with Gasteiger partial charge in [0.25, 0.3) is 0 Å². The quantitative estimate of drug-likeness (QED) is 0.697. The van der Waals surface area contributed by atoms with Crippen molar-refractivity contribution in [3.63, 3.8) is 0 Å². The predicted molar refractivity (Wildman–Crippen MR) is 66.2 cm³/mol. The molecule has 14 heavy (non-hydrogen) atoms. The van der Waals surface area contributed by atoms with Crippen LogP contribution in [0, 0.1) is 5.92 Å². The molecule has 1 aliphatic rings. The molecular weight excluding hydrogens is 192 g/mol. The summed E-state index contributed by atoms with van der Waals surface area (Å²) in [7, 11) is 4.47. The molecule has 0 aromatic heterocycles. The van der Waals surface area contributed by atoms with Gasteiger partial charge in [-0.1, -0.05) is 6.92 Å². The maximum Gasteiger partial charge on any atom is 0.0220 e. The SMILES string of the molecule is CC(CS)CN(C)CC1CCCN1C. The number of thiol groups is 1. The summed E-state index contributed by atoms with van der Waals surface area (Å²) in [4.78, 5) is 4.94. The number of hydrogen-bond acceptors (Lipinski definition) is 3. The molecule has 0 N–H and O–H groups in total. The van der Waals surface area contributed by atoms with Gasteiger partial charge in [0.15, 0.2) is 0 Å². The summed E-state index contributed by atoms with van der Waals surface area (Å²) < 4.78 is 0. The van der Waals surface area contributed by atoms with E-state index in [2.05, 4.69) is 43.4 Å². The number of likely N-dealkylation sites (N-methyl/N-ethyl adjacent to an activating group) is 2. The predicted octanol–water partition coefficient (Wildman–Crippen LogP) is 1.58. The summed E-state index contributed by atoms with van der Waals surface area (Å²) in [6.07, 6.45) is 2.74. The summed E-state index contributed by atoms with van der Waals surface area (Å²) in [5.41, 5.74) is 0. The molecule has 84 valence electrons. The Hall–Kier alpha value is 0.270. The Labute approximate surface area is 94.1 Å². The Morgan fingerprint density at radius 1 is 1.57 bits per heavy atom. The highest BCUT2D eigenvalue weighted by molar-refractivity contribution is 7.80. The zero-order valence-electron chi connectivity index (χ0n) is 9.74. The molecule has 0 spiro atoms. The maximum atomic E-state index is 4.32. The highest BCUT2D eigenvalue weighted by atomic mass is 32.1. The molecule has 1 fully saturated rings. The second-order valence-corrected chi connectivity index (χ2v) is 5.15. The largest absolute Gasteiger partial charge is 0.305 e. The van der Waals surface area contributed by atoms with E-state index in [9.17, 15) is 0 Å². The van der Waals surface area contributed by atoms with Gasteiger partial charge in [0.05, 0.1) is 0 Å². The minimum Gasteiger partial charge on any atom is -0.305 e. The second kappa shape index (κ2) is 5.99. The van der Waals surface area contributed by atoms with Crippen molar-refractivity contribution in [3.8, 4) is 0 Å². The second-order valence-electron chi connectivity index (χ2n) is 4.79. The third kappa shape index (κ3) is 3.79. The van der Waals surface area contributed by atoms with Crippen LogP contribution in [0.2, 0.25) is 0 Å². The van der Waals surface area contributed by atoms with Gasteiger partial charge in [0.1, 0.15) is 0 Å². The first-order valence-corrected chi connectivity index (χ1v) is 6.26. The van der Waals surface area contributed by atoms with E-state index in [0.29, 0.717) is 5.92 Å². The van der Waals surface area contributed by atoms with Gasteiger partial charge in [-0.05, 0) is 45.2 Å². The van der Waals surface area contributed by atoms with Gasteiger partial charge >= 0.3 is 0 Å². The molecule has 0 amide bonds. The van der Waals surface area contributed by atoms with Gasteiger partial charge in [0, 0.05) is 19.1 Å². The molecule has 0 bridgehead atoms. The number of nitrogens with zero attached hydrogens (tertiary/aromatic N) is 2. The van der Waals surface area contributed by atoms with Crippen LogP contribution in [0.1, 0.15) is 19.8 Å². The Balaban J connectivity index is 2.22. The van der Waals surface area contributed by atoms with Gasteiger partial charge < -0.3 is 9.80 Å². The maximum absolute atomic E-state index is 4.32. The van der Waals surface area contributed by atoms with E-state index in [1.165, 1.54) is 32.5 Å². The molecule has 0 aliphatic carbocycles. The van der Waals surface area contributed by atoms with Crippen molar-refractivity contribution < 1.29 is 0 Å². The van der Waals surface area contributed by atoms with E-state index in [0.717, 1.165) is 11.8 Å². The third-order valence-corrected chi connectivity index (χ3v) is 3.75. The van der Waals surface area contributed by atoms with Crippen LogP contribution >= 0.6 is 12.6 Å². The average Bonchev–Trinajstić information content (AvgIpc) is 2.51. The Morgan fingerprint density at radius 3 is 2.79 bits per heavy atom. The zero-order valence-corrected chi connectivity index (χ0v) is 10.6. The molecular formula is C11H24N2S. The molecule has 2 nitrogen and oxygen atoms in total. The normalized spacial score (nSPS) is 25.9. The average molecular weight is 216 g/mol. The van der Waals surface area contributed by atoms with Crippen molar-refractivity contribution in [2.45, 2.75) is 25.8 Å². The van der Waals surface area contributed by atoms with Crippen molar-refractivity contribution in [1.29, 1.82) is 0 Å². The van der Waals surface area contributed by atoms with E-state index < -0.39 is 0 Å². The fourth-order valence-corrected chi connectivity index (χ4v) is 2.35. The molecule has 2 unspecified atom stereocenters. The first-order valence-electron chi connectivity index (χ1n) is 5.63. The molecule has 1 saturated heterocycles. The lowest BCUT2D eigenvalue weighted by Gasteiger charge is -2.27. The Kier molecular flexibility index (Phi) is 5.28. The molecule has 0 aromatic carbocycles. The standard InChI is InChI=1S/C11H24N2S/c1-10(9-14)7-12(2)8-11-5-4-6-13(11)3/h10-11,14H,4-9H2,1-3H3. The minimum absolute atomic E-state index is 0.704. The third-order valence-electron chi connectivity index (χ3n) is 3.13. The Morgan fingerprint density at radius 2 is 2.29 bits per heavy atom. The van der Waals surface area contributed by atoms with Crippen LogP contribution in [-0.4, -0.2) is 55.3 Å². The summed E-state index contributed by atoms with van der Waals surface area (Å²) in [5, 5.41) is 0. The van der Waals surface area contributed by atoms with Crippen LogP contribution in [0.25, 0.3) is 0 Å². The van der Waals surface area contributed by atoms with Crippen molar-refractivity contribution in [2.75, 3.05) is 39.5 Å². The van der Waals surface area contributed by atoms with Crippen molar-refractivity contribution >= 4 is 12.6 Å². The lowest BCUT2D eigenvalue weighted by Crippen LogP contribution is -2.38. The number of hydrogen-bond donors (Lipinski definition) is 1. The van der Waals surface area contributed by atoms with E-state index in [4.69, 9.17) is 0 Å². The van der Waals surface area contributed by atoms with Crippen molar-refractivity contribution in [2.24, 2.45) is 5.92 Å². The van der Waals surface area contributed by atoms with Gasteiger partial charge in [-0.2, -0.15) is 12.6 Å². The van der Waals surface area contributed by atoms with Crippen LogP contribution in [0.3, 0.4) is 0 Å². The summed E-state index contributed by atoms with van der Waals surface area (Å²) in [6, 6.07) is 0.784. The van der Waals surface area contributed by atoms with Gasteiger partial charge in [-0.15, -0.1) is 0 Å². The van der Waals surface area contributed by atoms with Gasteiger partial charge in [0.2, 0.25) is 0 Å². The van der Waals surface area contributed by atoms with Gasteiger partial charge in [-0.3, -0.25) is 0 Å². The fraction of sp³-hybridized carbons (Fsp3) is 1.00. The molecule has 3 heteroatoms. The van der Waals surface area contributed by atoms with E-state index in [1.54, 1.807) is 0 Å². The van der Waals surface area contributed by atoms with E-state index in [-0.39, 0.29) is 0 Å². The molecule has 1 rings (SSSR count). The van der Waals surface area contributed by atoms with E-state index >= 15 is 0 Å². The topological polar surface area (TPSA) is 6.48 Å². The summed E-state index contributed by atoms with van der Waals surface area (Å²) in [5.74, 6) is 1.69. The van der Waals surface area contributed by atoms with Crippen molar-refractivity contribution in [3.05, 3.63) is 0 Å². The molecule has 1 aliphatic heterocycles. The lowest BCUT2D eigenvalue weighted by molar-refractivity contribution is 0.207. The smallest absolute Gasteiger partial charge is 0.0220 e. The lowest BCUT2D eigenvalue weighted by atomic mass is 10.1. The molecule has 1 heterocycles. The fourth-order valence-electron chi connectivity index (χ4n) is 2.23. The molecule has 0 saturated carbocycles. The van der Waals surface area contributed by atoms with Gasteiger partial charge in [-0.25, -0.2) is 0 Å².